The van der Waals surface area contributed by atoms with Crippen LogP contribution in [-0.4, -0.2) is 46.7 Å². The van der Waals surface area contributed by atoms with Crippen LogP contribution in [0.15, 0.2) is 0 Å². The maximum absolute atomic E-state index is 10.8. The summed E-state index contributed by atoms with van der Waals surface area (Å²) in [6.45, 7) is 3.23. The normalized spacial score (nSPS) is 14.4. The number of rotatable bonds is 7. The van der Waals surface area contributed by atoms with Crippen LogP contribution in [0.2, 0.25) is 0 Å². The predicted molar refractivity (Wildman–Crippen MR) is 53.7 cm³/mol. The Bertz CT molecular complexity index is 213. The summed E-state index contributed by atoms with van der Waals surface area (Å²) in [6, 6.07) is 0.307. The largest absolute Gasteiger partial charge is 0.385 e. The van der Waals surface area contributed by atoms with Gasteiger partial charge in [-0.2, -0.15) is 0 Å². The highest BCUT2D eigenvalue weighted by Gasteiger charge is 2.04. The van der Waals surface area contributed by atoms with E-state index in [4.69, 9.17) is 4.74 Å². The van der Waals surface area contributed by atoms with Gasteiger partial charge in [0.15, 0.2) is 0 Å². The first-order valence-corrected chi connectivity index (χ1v) is 6.42. The summed E-state index contributed by atoms with van der Waals surface area (Å²) in [5.41, 5.74) is 0. The molecule has 0 aromatic carbocycles. The molecule has 0 rings (SSSR count). The Kier molecular flexibility index (Phi) is 6.28. The monoisotopic (exact) mass is 209 g/mol. The van der Waals surface area contributed by atoms with Gasteiger partial charge < -0.3 is 10.1 Å². The van der Waals surface area contributed by atoms with Crippen molar-refractivity contribution in [3.63, 3.8) is 0 Å². The van der Waals surface area contributed by atoms with E-state index in [1.165, 1.54) is 6.26 Å². The van der Waals surface area contributed by atoms with Gasteiger partial charge in [0.1, 0.15) is 9.84 Å². The van der Waals surface area contributed by atoms with Crippen molar-refractivity contribution < 1.29 is 13.2 Å². The van der Waals surface area contributed by atoms with E-state index in [-0.39, 0.29) is 5.75 Å². The number of sulfone groups is 1. The second-order valence-electron chi connectivity index (χ2n) is 3.27. The molecule has 80 valence electrons. The molecule has 1 N–H and O–H groups in total. The molecular weight excluding hydrogens is 190 g/mol. The van der Waals surface area contributed by atoms with E-state index < -0.39 is 9.84 Å². The molecule has 0 amide bonds. The van der Waals surface area contributed by atoms with Crippen molar-refractivity contribution in [1.29, 1.82) is 0 Å². The van der Waals surface area contributed by atoms with Crippen LogP contribution in [0.1, 0.15) is 13.3 Å². The third kappa shape index (κ3) is 9.79. The fourth-order valence-corrected chi connectivity index (χ4v) is 1.38. The van der Waals surface area contributed by atoms with Gasteiger partial charge in [0.25, 0.3) is 0 Å². The summed E-state index contributed by atoms with van der Waals surface area (Å²) in [5, 5.41) is 3.11. The Morgan fingerprint density at radius 2 is 2.08 bits per heavy atom. The fraction of sp³-hybridized carbons (Fsp3) is 1.00. The molecule has 0 spiro atoms. The topological polar surface area (TPSA) is 55.4 Å². The molecule has 0 aliphatic carbocycles. The minimum absolute atomic E-state index is 0.199. The van der Waals surface area contributed by atoms with Gasteiger partial charge in [0.2, 0.25) is 0 Å². The molecule has 0 saturated carbocycles. The molecule has 0 aromatic heterocycles. The molecule has 0 aromatic rings. The lowest BCUT2D eigenvalue weighted by atomic mass is 10.2. The SMILES string of the molecule is COCCC(C)NCCS(C)(=O)=O. The molecule has 0 fully saturated rings. The van der Waals surface area contributed by atoms with Crippen LogP contribution >= 0.6 is 0 Å². The summed E-state index contributed by atoms with van der Waals surface area (Å²) in [6.07, 6.45) is 2.15. The van der Waals surface area contributed by atoms with Crippen molar-refractivity contribution >= 4 is 9.84 Å². The van der Waals surface area contributed by atoms with Gasteiger partial charge in [0, 0.05) is 32.6 Å². The zero-order valence-electron chi connectivity index (χ0n) is 8.54. The van der Waals surface area contributed by atoms with Crippen LogP contribution in [0.4, 0.5) is 0 Å². The molecule has 1 atom stereocenters. The molecule has 1 unspecified atom stereocenters. The molecule has 0 radical (unpaired) electrons. The fourth-order valence-electron chi connectivity index (χ4n) is 0.887. The second kappa shape index (κ2) is 6.34. The summed E-state index contributed by atoms with van der Waals surface area (Å²) in [4.78, 5) is 0. The second-order valence-corrected chi connectivity index (χ2v) is 5.53. The average molecular weight is 209 g/mol. The van der Waals surface area contributed by atoms with Crippen molar-refractivity contribution in [1.82, 2.24) is 5.32 Å². The zero-order valence-corrected chi connectivity index (χ0v) is 9.36. The maximum Gasteiger partial charge on any atom is 0.148 e. The van der Waals surface area contributed by atoms with Crippen LogP contribution < -0.4 is 5.32 Å². The van der Waals surface area contributed by atoms with Gasteiger partial charge in [-0.25, -0.2) is 8.42 Å². The lowest BCUT2D eigenvalue weighted by Crippen LogP contribution is -2.31. The zero-order chi connectivity index (χ0) is 10.3. The smallest absolute Gasteiger partial charge is 0.148 e. The quantitative estimate of drug-likeness (QED) is 0.643. The third-order valence-corrected chi connectivity index (χ3v) is 2.67. The van der Waals surface area contributed by atoms with E-state index in [1.54, 1.807) is 7.11 Å². The minimum atomic E-state index is -2.83. The van der Waals surface area contributed by atoms with E-state index in [1.807, 2.05) is 6.92 Å². The molecule has 0 heterocycles. The third-order valence-electron chi connectivity index (χ3n) is 1.72. The molecule has 13 heavy (non-hydrogen) atoms. The summed E-state index contributed by atoms with van der Waals surface area (Å²) < 4.78 is 26.4. The Morgan fingerprint density at radius 3 is 2.54 bits per heavy atom. The van der Waals surface area contributed by atoms with E-state index in [0.29, 0.717) is 19.2 Å². The summed E-state index contributed by atoms with van der Waals surface area (Å²) >= 11 is 0. The molecular formula is C8H19NO3S. The standard InChI is InChI=1S/C8H19NO3S/c1-8(4-6-12-2)9-5-7-13(3,10)11/h8-9H,4-7H2,1-3H3. The molecule has 0 saturated heterocycles. The highest BCUT2D eigenvalue weighted by atomic mass is 32.2. The number of hydrogen-bond donors (Lipinski definition) is 1. The first kappa shape index (κ1) is 12.9. The molecule has 4 nitrogen and oxygen atoms in total. The summed E-state index contributed by atoms with van der Waals surface area (Å²) in [7, 11) is -1.18. The van der Waals surface area contributed by atoms with Crippen molar-refractivity contribution in [2.45, 2.75) is 19.4 Å². The number of nitrogens with one attached hydrogen (secondary N) is 1. The van der Waals surface area contributed by atoms with Crippen molar-refractivity contribution in [2.75, 3.05) is 32.3 Å². The van der Waals surface area contributed by atoms with Gasteiger partial charge in [-0.1, -0.05) is 0 Å². The van der Waals surface area contributed by atoms with Gasteiger partial charge in [0.05, 0.1) is 5.75 Å². The van der Waals surface area contributed by atoms with Gasteiger partial charge in [-0.3, -0.25) is 0 Å². The van der Waals surface area contributed by atoms with Crippen LogP contribution in [0, 0.1) is 0 Å². The van der Waals surface area contributed by atoms with Crippen LogP contribution in [-0.2, 0) is 14.6 Å². The average Bonchev–Trinajstić information content (AvgIpc) is 1.98. The number of methoxy groups -OCH3 is 1. The van der Waals surface area contributed by atoms with Crippen molar-refractivity contribution in [2.24, 2.45) is 0 Å². The van der Waals surface area contributed by atoms with Gasteiger partial charge >= 0.3 is 0 Å². The van der Waals surface area contributed by atoms with Crippen LogP contribution in [0.3, 0.4) is 0 Å². The maximum atomic E-state index is 10.8. The highest BCUT2D eigenvalue weighted by molar-refractivity contribution is 7.90. The Balaban J connectivity index is 3.42. The number of ether oxygens (including phenoxy) is 1. The van der Waals surface area contributed by atoms with E-state index in [2.05, 4.69) is 5.32 Å². The van der Waals surface area contributed by atoms with Crippen molar-refractivity contribution in [3.05, 3.63) is 0 Å². The Labute approximate surface area is 80.6 Å². The molecule has 0 bridgehead atoms. The van der Waals surface area contributed by atoms with Crippen LogP contribution in [0.5, 0.6) is 0 Å². The molecule has 5 heteroatoms. The Hall–Kier alpha value is -0.130. The lowest BCUT2D eigenvalue weighted by molar-refractivity contribution is 0.185. The summed E-state index contributed by atoms with van der Waals surface area (Å²) in [5.74, 6) is 0.199. The van der Waals surface area contributed by atoms with E-state index in [9.17, 15) is 8.42 Å². The first-order valence-electron chi connectivity index (χ1n) is 4.36. The molecule has 0 aliphatic heterocycles. The number of hydrogen-bond acceptors (Lipinski definition) is 4. The Morgan fingerprint density at radius 1 is 1.46 bits per heavy atom. The van der Waals surface area contributed by atoms with Crippen LogP contribution in [0.25, 0.3) is 0 Å². The molecule has 0 aliphatic rings. The van der Waals surface area contributed by atoms with Gasteiger partial charge in [-0.15, -0.1) is 0 Å². The lowest BCUT2D eigenvalue weighted by Gasteiger charge is -2.12. The minimum Gasteiger partial charge on any atom is -0.385 e. The predicted octanol–water partition coefficient (Wildman–Crippen LogP) is 0.0456. The van der Waals surface area contributed by atoms with E-state index >= 15 is 0 Å². The first-order chi connectivity index (χ1) is 5.95. The highest BCUT2D eigenvalue weighted by Crippen LogP contribution is 1.90. The van der Waals surface area contributed by atoms with E-state index in [0.717, 1.165) is 6.42 Å². The van der Waals surface area contributed by atoms with Crippen molar-refractivity contribution in [3.8, 4) is 0 Å². The van der Waals surface area contributed by atoms with Gasteiger partial charge in [-0.05, 0) is 13.3 Å².